The molecule has 1 unspecified atom stereocenters. The molecule has 2 N–H and O–H groups in total. The van der Waals surface area contributed by atoms with E-state index in [1.807, 2.05) is 0 Å². The number of nitrogens with two attached hydrogens (primary N) is 1. The number of ketones is 1. The lowest BCUT2D eigenvalue weighted by Gasteiger charge is -2.33. The molecule has 0 aromatic heterocycles. The summed E-state index contributed by atoms with van der Waals surface area (Å²) in [5.41, 5.74) is 7.06. The van der Waals surface area contributed by atoms with Gasteiger partial charge in [0.05, 0.1) is 34.4 Å². The van der Waals surface area contributed by atoms with Gasteiger partial charge in [-0.15, -0.1) is 0 Å². The highest BCUT2D eigenvalue weighted by atomic mass is 16.5. The van der Waals surface area contributed by atoms with Crippen LogP contribution in [0.3, 0.4) is 0 Å². The molecule has 0 saturated heterocycles. The number of ether oxygens (including phenoxy) is 5. The summed E-state index contributed by atoms with van der Waals surface area (Å²) in [7, 11) is 5.71. The lowest BCUT2D eigenvalue weighted by atomic mass is 9.77. The predicted octanol–water partition coefficient (Wildman–Crippen LogP) is 2.18. The molecule has 0 bridgehead atoms. The number of benzene rings is 1. The molecule has 8 nitrogen and oxygen atoms in total. The fourth-order valence-corrected chi connectivity index (χ4v) is 3.73. The van der Waals surface area contributed by atoms with E-state index in [4.69, 9.17) is 29.4 Å². The standard InChI is InChI=1S/C20H23NO7/c1-24-13-9-8-10(17(25-2)18(13)26-3)14-15-11(22)6-5-7-12(15)28-19(21)16(14)20(23)27-4/h8-9,14H,5-7,21H2,1-4H3. The van der Waals surface area contributed by atoms with Gasteiger partial charge in [0.1, 0.15) is 11.3 Å². The van der Waals surface area contributed by atoms with Crippen LogP contribution in [0.1, 0.15) is 30.7 Å². The molecule has 0 radical (unpaired) electrons. The highest BCUT2D eigenvalue weighted by Crippen LogP contribution is 2.50. The van der Waals surface area contributed by atoms with E-state index in [-0.39, 0.29) is 17.2 Å². The van der Waals surface area contributed by atoms with Crippen LogP contribution >= 0.6 is 0 Å². The summed E-state index contributed by atoms with van der Waals surface area (Å²) in [6, 6.07) is 3.41. The SMILES string of the molecule is COC(=O)C1=C(N)OC2=C(C(=O)CCC2)C1c1ccc(OC)c(OC)c1OC. The monoisotopic (exact) mass is 389 g/mol. The van der Waals surface area contributed by atoms with Crippen molar-refractivity contribution < 1.29 is 33.3 Å². The zero-order valence-electron chi connectivity index (χ0n) is 16.3. The number of rotatable bonds is 5. The van der Waals surface area contributed by atoms with Crippen LogP contribution < -0.4 is 19.9 Å². The smallest absolute Gasteiger partial charge is 0.340 e. The molecule has 3 rings (SSSR count). The Kier molecular flexibility index (Phi) is 5.48. The summed E-state index contributed by atoms with van der Waals surface area (Å²) in [6.07, 6.45) is 1.58. The van der Waals surface area contributed by atoms with E-state index in [2.05, 4.69) is 0 Å². The molecule has 0 spiro atoms. The Morgan fingerprint density at radius 3 is 2.39 bits per heavy atom. The Bertz CT molecular complexity index is 885. The van der Waals surface area contributed by atoms with E-state index in [0.29, 0.717) is 53.4 Å². The van der Waals surface area contributed by atoms with Gasteiger partial charge in [-0.2, -0.15) is 0 Å². The second-order valence-electron chi connectivity index (χ2n) is 6.34. The predicted molar refractivity (Wildman–Crippen MR) is 99.0 cm³/mol. The van der Waals surface area contributed by atoms with Crippen LogP contribution in [0.4, 0.5) is 0 Å². The van der Waals surface area contributed by atoms with Crippen molar-refractivity contribution in [2.24, 2.45) is 5.73 Å². The molecule has 2 aliphatic rings. The second-order valence-corrected chi connectivity index (χ2v) is 6.34. The zero-order chi connectivity index (χ0) is 20.4. The maximum absolute atomic E-state index is 12.8. The maximum atomic E-state index is 12.8. The summed E-state index contributed by atoms with van der Waals surface area (Å²) in [5, 5.41) is 0. The molecule has 0 fully saturated rings. The number of hydrogen-bond acceptors (Lipinski definition) is 8. The third-order valence-electron chi connectivity index (χ3n) is 4.94. The number of methoxy groups -OCH3 is 4. The van der Waals surface area contributed by atoms with E-state index in [1.54, 1.807) is 12.1 Å². The number of carbonyl (C=O) groups excluding carboxylic acids is 2. The van der Waals surface area contributed by atoms with Crippen LogP contribution in [-0.2, 0) is 19.1 Å². The first-order chi connectivity index (χ1) is 13.5. The van der Waals surface area contributed by atoms with E-state index >= 15 is 0 Å². The van der Waals surface area contributed by atoms with Crippen LogP contribution in [0.2, 0.25) is 0 Å². The summed E-state index contributed by atoms with van der Waals surface area (Å²) >= 11 is 0. The number of carbonyl (C=O) groups is 2. The van der Waals surface area contributed by atoms with Crippen molar-refractivity contribution in [3.8, 4) is 17.2 Å². The zero-order valence-corrected chi connectivity index (χ0v) is 16.3. The van der Waals surface area contributed by atoms with E-state index in [0.717, 1.165) is 0 Å². The van der Waals surface area contributed by atoms with Crippen LogP contribution in [0, 0.1) is 0 Å². The lowest BCUT2D eigenvalue weighted by molar-refractivity contribution is -0.136. The van der Waals surface area contributed by atoms with Gasteiger partial charge in [0.2, 0.25) is 11.6 Å². The van der Waals surface area contributed by atoms with Crippen LogP contribution in [0.5, 0.6) is 17.2 Å². The van der Waals surface area contributed by atoms with Crippen LogP contribution in [0.25, 0.3) is 0 Å². The molecule has 1 aliphatic heterocycles. The highest BCUT2D eigenvalue weighted by Gasteiger charge is 2.43. The average molecular weight is 389 g/mol. The van der Waals surface area contributed by atoms with Crippen LogP contribution in [-0.4, -0.2) is 40.2 Å². The summed E-state index contributed by atoms with van der Waals surface area (Å²) < 4.78 is 26.9. The largest absolute Gasteiger partial charge is 0.493 e. The van der Waals surface area contributed by atoms with Crippen molar-refractivity contribution >= 4 is 11.8 Å². The van der Waals surface area contributed by atoms with Gasteiger partial charge in [0.25, 0.3) is 0 Å². The normalized spacial score (nSPS) is 19.0. The fourth-order valence-electron chi connectivity index (χ4n) is 3.73. The molecule has 1 heterocycles. The molecular formula is C20H23NO7. The number of allylic oxidation sites excluding steroid dienone is 2. The van der Waals surface area contributed by atoms with Gasteiger partial charge in [-0.25, -0.2) is 4.79 Å². The van der Waals surface area contributed by atoms with E-state index in [9.17, 15) is 9.59 Å². The Morgan fingerprint density at radius 2 is 1.79 bits per heavy atom. The summed E-state index contributed by atoms with van der Waals surface area (Å²) in [6.45, 7) is 0. The third-order valence-corrected chi connectivity index (χ3v) is 4.94. The van der Waals surface area contributed by atoms with Crippen molar-refractivity contribution in [3.63, 3.8) is 0 Å². The van der Waals surface area contributed by atoms with Crippen molar-refractivity contribution in [2.45, 2.75) is 25.2 Å². The minimum atomic E-state index is -0.793. The van der Waals surface area contributed by atoms with Crippen molar-refractivity contribution in [3.05, 3.63) is 40.5 Å². The molecule has 0 saturated carbocycles. The molecule has 150 valence electrons. The molecule has 1 atom stereocenters. The number of Topliss-reactive ketones (excluding diaryl/α,β-unsaturated/α-hetero) is 1. The first kappa shape index (κ1) is 19.6. The summed E-state index contributed by atoms with van der Waals surface area (Å²) in [4.78, 5) is 25.4. The molecule has 28 heavy (non-hydrogen) atoms. The van der Waals surface area contributed by atoms with Gasteiger partial charge in [0, 0.05) is 24.0 Å². The van der Waals surface area contributed by atoms with Gasteiger partial charge in [0.15, 0.2) is 17.3 Å². The molecule has 1 aromatic carbocycles. The Labute approximate surface area is 162 Å². The maximum Gasteiger partial charge on any atom is 0.340 e. The number of esters is 1. The highest BCUT2D eigenvalue weighted by molar-refractivity contribution is 6.03. The minimum absolute atomic E-state index is 0.0574. The second kappa shape index (κ2) is 7.84. The van der Waals surface area contributed by atoms with Gasteiger partial charge < -0.3 is 29.4 Å². The topological polar surface area (TPSA) is 106 Å². The first-order valence-corrected chi connectivity index (χ1v) is 8.79. The lowest BCUT2D eigenvalue weighted by Crippen LogP contribution is -2.31. The molecular weight excluding hydrogens is 366 g/mol. The number of hydrogen-bond donors (Lipinski definition) is 1. The Morgan fingerprint density at radius 1 is 1.07 bits per heavy atom. The van der Waals surface area contributed by atoms with Gasteiger partial charge >= 0.3 is 5.97 Å². The quantitative estimate of drug-likeness (QED) is 0.764. The van der Waals surface area contributed by atoms with Crippen LogP contribution in [0.15, 0.2) is 34.9 Å². The van der Waals surface area contributed by atoms with Gasteiger partial charge in [-0.3, -0.25) is 4.79 Å². The Balaban J connectivity index is 2.30. The third kappa shape index (κ3) is 3.04. The molecule has 8 heteroatoms. The molecule has 0 amide bonds. The minimum Gasteiger partial charge on any atom is -0.493 e. The van der Waals surface area contributed by atoms with Crippen molar-refractivity contribution in [1.29, 1.82) is 0 Å². The Hall–Kier alpha value is -3.16. The first-order valence-electron chi connectivity index (χ1n) is 8.79. The average Bonchev–Trinajstić information content (AvgIpc) is 2.71. The van der Waals surface area contributed by atoms with Crippen molar-refractivity contribution in [1.82, 2.24) is 0 Å². The van der Waals surface area contributed by atoms with Crippen molar-refractivity contribution in [2.75, 3.05) is 28.4 Å². The van der Waals surface area contributed by atoms with Gasteiger partial charge in [-0.05, 0) is 12.5 Å². The molecule has 1 aromatic rings. The van der Waals surface area contributed by atoms with E-state index in [1.165, 1.54) is 28.4 Å². The summed E-state index contributed by atoms with van der Waals surface area (Å²) in [5.74, 6) is -0.0309. The van der Waals surface area contributed by atoms with E-state index < -0.39 is 11.9 Å². The fraction of sp³-hybridized carbons (Fsp3) is 0.400. The van der Waals surface area contributed by atoms with Gasteiger partial charge in [-0.1, -0.05) is 6.07 Å². The molecule has 1 aliphatic carbocycles.